The van der Waals surface area contributed by atoms with Crippen LogP contribution in [0.15, 0.2) is 29.2 Å². The van der Waals surface area contributed by atoms with Crippen molar-refractivity contribution in [3.8, 4) is 0 Å². The molecule has 2 aliphatic rings. The first-order valence-corrected chi connectivity index (χ1v) is 8.02. The van der Waals surface area contributed by atoms with Gasteiger partial charge in [0.2, 0.25) is 0 Å². The van der Waals surface area contributed by atoms with Crippen LogP contribution < -0.4 is 0 Å². The first-order valence-electron chi connectivity index (χ1n) is 6.79. The van der Waals surface area contributed by atoms with Crippen LogP contribution in [0.3, 0.4) is 0 Å². The fourth-order valence-corrected chi connectivity index (χ4v) is 3.31. The summed E-state index contributed by atoms with van der Waals surface area (Å²) in [4.78, 5) is 15.7. The van der Waals surface area contributed by atoms with Crippen LogP contribution in [0.1, 0.15) is 23.2 Å². The van der Waals surface area contributed by atoms with Crippen molar-refractivity contribution in [1.29, 1.82) is 0 Å². The molecule has 2 heterocycles. The molecule has 3 rings (SSSR count). The number of fused-ring (bicyclic) bond motifs is 2. The number of rotatable bonds is 4. The number of carbonyl (C=O) groups is 1. The Bertz CT molecular complexity index is 448. The quantitative estimate of drug-likeness (QED) is 0.624. The molecule has 0 radical (unpaired) electrons. The molecule has 2 bridgehead atoms. The van der Waals surface area contributed by atoms with Crippen molar-refractivity contribution in [2.45, 2.75) is 29.9 Å². The molecule has 1 aromatic rings. The Hall–Kier alpha value is -0.840. The molecule has 0 aliphatic carbocycles. The second-order valence-electron chi connectivity index (χ2n) is 5.30. The highest BCUT2D eigenvalue weighted by Gasteiger charge is 2.34. The number of nitrogens with zero attached hydrogens (tertiary/aromatic N) is 1. The van der Waals surface area contributed by atoms with E-state index in [0.29, 0.717) is 18.8 Å². The summed E-state index contributed by atoms with van der Waals surface area (Å²) >= 11 is 1.70. The molecule has 0 N–H and O–H groups in total. The zero-order valence-corrected chi connectivity index (χ0v) is 12.0. The number of ether oxygens (including phenoxy) is 1. The van der Waals surface area contributed by atoms with Gasteiger partial charge < -0.3 is 4.74 Å². The van der Waals surface area contributed by atoms with Crippen LogP contribution in [0.25, 0.3) is 0 Å². The van der Waals surface area contributed by atoms with Gasteiger partial charge in [-0.15, -0.1) is 11.8 Å². The molecule has 0 saturated carbocycles. The molecule has 4 heteroatoms. The average molecular weight is 277 g/mol. The summed E-state index contributed by atoms with van der Waals surface area (Å²) in [7, 11) is 0. The number of hydrogen-bond donors (Lipinski definition) is 0. The lowest BCUT2D eigenvalue weighted by molar-refractivity contribution is -0.0355. The van der Waals surface area contributed by atoms with E-state index in [9.17, 15) is 4.79 Å². The number of benzene rings is 1. The van der Waals surface area contributed by atoms with Crippen molar-refractivity contribution in [1.82, 2.24) is 4.90 Å². The fraction of sp³-hybridized carbons (Fsp3) is 0.533. The molecule has 2 aliphatic heterocycles. The van der Waals surface area contributed by atoms with Gasteiger partial charge in [-0.3, -0.25) is 9.69 Å². The highest BCUT2D eigenvalue weighted by Crippen LogP contribution is 2.26. The molecule has 2 fully saturated rings. The van der Waals surface area contributed by atoms with E-state index in [-0.39, 0.29) is 5.78 Å². The van der Waals surface area contributed by atoms with Crippen LogP contribution in [-0.2, 0) is 4.74 Å². The van der Waals surface area contributed by atoms with E-state index < -0.39 is 0 Å². The lowest BCUT2D eigenvalue weighted by Crippen LogP contribution is -2.44. The summed E-state index contributed by atoms with van der Waals surface area (Å²) in [6.45, 7) is 2.34. The molecule has 1 aromatic carbocycles. The highest BCUT2D eigenvalue weighted by atomic mass is 32.2. The molecule has 0 aromatic heterocycles. The zero-order valence-electron chi connectivity index (χ0n) is 11.2. The maximum atomic E-state index is 12.3. The monoisotopic (exact) mass is 277 g/mol. The Morgan fingerprint density at radius 3 is 2.47 bits per heavy atom. The Morgan fingerprint density at radius 2 is 1.89 bits per heavy atom. The minimum atomic E-state index is 0.217. The Kier molecular flexibility index (Phi) is 3.91. The summed E-state index contributed by atoms with van der Waals surface area (Å²) in [5, 5.41) is 0. The van der Waals surface area contributed by atoms with Crippen molar-refractivity contribution in [2.75, 3.05) is 25.9 Å². The number of morpholine rings is 1. The third-order valence-corrected chi connectivity index (χ3v) is 4.64. The number of likely N-dealkylation sites (tertiary alicyclic amines) is 1. The van der Waals surface area contributed by atoms with E-state index >= 15 is 0 Å². The molecule has 3 nitrogen and oxygen atoms in total. The lowest BCUT2D eigenvalue weighted by atomic mass is 10.1. The van der Waals surface area contributed by atoms with Crippen LogP contribution in [0.4, 0.5) is 0 Å². The van der Waals surface area contributed by atoms with Crippen LogP contribution in [-0.4, -0.2) is 48.8 Å². The topological polar surface area (TPSA) is 29.5 Å². The largest absolute Gasteiger partial charge is 0.372 e. The number of ketones is 1. The molecule has 2 unspecified atom stereocenters. The van der Waals surface area contributed by atoms with Gasteiger partial charge >= 0.3 is 0 Å². The molecular weight excluding hydrogens is 258 g/mol. The maximum Gasteiger partial charge on any atom is 0.176 e. The molecule has 0 spiro atoms. The SMILES string of the molecule is CSc1ccc(C(=O)CN2CC3CCC(C2)O3)cc1. The van der Waals surface area contributed by atoms with Gasteiger partial charge in [0, 0.05) is 23.5 Å². The second kappa shape index (κ2) is 5.65. The molecule has 19 heavy (non-hydrogen) atoms. The average Bonchev–Trinajstić information content (AvgIpc) is 2.78. The zero-order chi connectivity index (χ0) is 13.2. The molecule has 102 valence electrons. The van der Waals surface area contributed by atoms with Crippen LogP contribution >= 0.6 is 11.8 Å². The van der Waals surface area contributed by atoms with Crippen LogP contribution in [0.5, 0.6) is 0 Å². The number of carbonyl (C=O) groups excluding carboxylic acids is 1. The molecule has 2 atom stereocenters. The molecule has 0 amide bonds. The van der Waals surface area contributed by atoms with Gasteiger partial charge in [0.1, 0.15) is 0 Å². The minimum Gasteiger partial charge on any atom is -0.372 e. The smallest absolute Gasteiger partial charge is 0.176 e. The first kappa shape index (κ1) is 13.2. The predicted molar refractivity (Wildman–Crippen MR) is 76.9 cm³/mol. The van der Waals surface area contributed by atoms with E-state index in [2.05, 4.69) is 4.90 Å². The van der Waals surface area contributed by atoms with Crippen molar-refractivity contribution in [3.05, 3.63) is 29.8 Å². The van der Waals surface area contributed by atoms with E-state index in [1.165, 1.54) is 4.90 Å². The van der Waals surface area contributed by atoms with Gasteiger partial charge in [-0.2, -0.15) is 0 Å². The Morgan fingerprint density at radius 1 is 1.26 bits per heavy atom. The van der Waals surface area contributed by atoms with Gasteiger partial charge in [0.25, 0.3) is 0 Å². The standard InChI is InChI=1S/C15H19NO2S/c1-19-14-6-2-11(3-7-14)15(17)10-16-8-12-4-5-13(9-16)18-12/h2-3,6-7,12-13H,4-5,8-10H2,1H3. The van der Waals surface area contributed by atoms with Gasteiger partial charge in [0.05, 0.1) is 18.8 Å². The Labute approximate surface area is 118 Å². The van der Waals surface area contributed by atoms with E-state index in [1.54, 1.807) is 11.8 Å². The lowest BCUT2D eigenvalue weighted by Gasteiger charge is -2.31. The second-order valence-corrected chi connectivity index (χ2v) is 6.18. The third-order valence-electron chi connectivity index (χ3n) is 3.90. The van der Waals surface area contributed by atoms with E-state index in [4.69, 9.17) is 4.74 Å². The normalized spacial score (nSPS) is 26.6. The summed E-state index contributed by atoms with van der Waals surface area (Å²) in [6.07, 6.45) is 5.05. The van der Waals surface area contributed by atoms with Crippen LogP contribution in [0.2, 0.25) is 0 Å². The predicted octanol–water partition coefficient (Wildman–Crippen LogP) is 2.45. The fourth-order valence-electron chi connectivity index (χ4n) is 2.90. The Balaban J connectivity index is 1.61. The van der Waals surface area contributed by atoms with E-state index in [1.807, 2.05) is 30.5 Å². The van der Waals surface area contributed by atoms with Crippen molar-refractivity contribution >= 4 is 17.5 Å². The third kappa shape index (κ3) is 3.02. The summed E-state index contributed by atoms with van der Waals surface area (Å²) in [5.41, 5.74) is 0.816. The van der Waals surface area contributed by atoms with Crippen LogP contribution in [0, 0.1) is 0 Å². The van der Waals surface area contributed by atoms with Crippen molar-refractivity contribution in [3.63, 3.8) is 0 Å². The van der Waals surface area contributed by atoms with Crippen molar-refractivity contribution < 1.29 is 9.53 Å². The minimum absolute atomic E-state index is 0.217. The molecular formula is C15H19NO2S. The van der Waals surface area contributed by atoms with Gasteiger partial charge in [-0.05, 0) is 31.2 Å². The van der Waals surface area contributed by atoms with Gasteiger partial charge in [-0.25, -0.2) is 0 Å². The van der Waals surface area contributed by atoms with Crippen molar-refractivity contribution in [2.24, 2.45) is 0 Å². The summed E-state index contributed by atoms with van der Waals surface area (Å²) < 4.78 is 5.79. The summed E-state index contributed by atoms with van der Waals surface area (Å²) in [5.74, 6) is 0.217. The van der Waals surface area contributed by atoms with E-state index in [0.717, 1.165) is 31.5 Å². The van der Waals surface area contributed by atoms with Gasteiger partial charge in [0.15, 0.2) is 5.78 Å². The van der Waals surface area contributed by atoms with Gasteiger partial charge in [-0.1, -0.05) is 12.1 Å². The number of hydrogen-bond acceptors (Lipinski definition) is 4. The first-order chi connectivity index (χ1) is 9.24. The summed E-state index contributed by atoms with van der Waals surface area (Å²) in [6, 6.07) is 7.90. The molecule has 2 saturated heterocycles. The number of thioether (sulfide) groups is 1. The maximum absolute atomic E-state index is 12.3. The number of Topliss-reactive ketones (excluding diaryl/α,β-unsaturated/α-hetero) is 1. The highest BCUT2D eigenvalue weighted by molar-refractivity contribution is 7.98.